The lowest BCUT2D eigenvalue weighted by atomic mass is 10.1. The molecule has 1 aromatic heterocycles. The summed E-state index contributed by atoms with van der Waals surface area (Å²) in [6.45, 7) is 5.22. The summed E-state index contributed by atoms with van der Waals surface area (Å²) in [5, 5.41) is 0. The minimum atomic E-state index is -0.340. The number of furan rings is 1. The van der Waals surface area contributed by atoms with Gasteiger partial charge in [-0.3, -0.25) is 4.79 Å². The van der Waals surface area contributed by atoms with Crippen LogP contribution in [-0.2, 0) is 6.42 Å². The molecule has 20 heavy (non-hydrogen) atoms. The van der Waals surface area contributed by atoms with Crippen LogP contribution in [0.2, 0.25) is 0 Å². The topological polar surface area (TPSA) is 39.4 Å². The molecule has 1 heterocycles. The lowest BCUT2D eigenvalue weighted by molar-refractivity contribution is 0.0985. The lowest BCUT2D eigenvalue weighted by Crippen LogP contribution is -2.08. The molecule has 0 spiro atoms. The van der Waals surface area contributed by atoms with Crippen LogP contribution in [0.4, 0.5) is 4.39 Å². The van der Waals surface area contributed by atoms with Gasteiger partial charge in [-0.05, 0) is 32.0 Å². The lowest BCUT2D eigenvalue weighted by Gasteiger charge is -2.13. The summed E-state index contributed by atoms with van der Waals surface area (Å²) in [7, 11) is 0. The Morgan fingerprint density at radius 1 is 1.30 bits per heavy atom. The quantitative estimate of drug-likeness (QED) is 0.775. The van der Waals surface area contributed by atoms with Gasteiger partial charge in [0.2, 0.25) is 0 Å². The van der Waals surface area contributed by atoms with Gasteiger partial charge in [-0.25, -0.2) is 4.39 Å². The number of carbonyl (C=O) groups is 1. The van der Waals surface area contributed by atoms with E-state index >= 15 is 0 Å². The number of halogens is 1. The highest BCUT2D eigenvalue weighted by Gasteiger charge is 2.12. The zero-order valence-electron chi connectivity index (χ0n) is 11.8. The van der Waals surface area contributed by atoms with Crippen LogP contribution in [0.5, 0.6) is 5.75 Å². The molecule has 0 aliphatic heterocycles. The number of hydrogen-bond acceptors (Lipinski definition) is 3. The fourth-order valence-electron chi connectivity index (χ4n) is 1.89. The van der Waals surface area contributed by atoms with Crippen LogP contribution in [0.3, 0.4) is 0 Å². The largest absolute Gasteiger partial charge is 0.491 e. The normalized spacial score (nSPS) is 10.8. The van der Waals surface area contributed by atoms with Gasteiger partial charge in [0, 0.05) is 25.0 Å². The van der Waals surface area contributed by atoms with E-state index in [-0.39, 0.29) is 17.7 Å². The zero-order valence-corrected chi connectivity index (χ0v) is 11.8. The fourth-order valence-corrected chi connectivity index (χ4v) is 1.89. The molecular weight excluding hydrogens is 259 g/mol. The van der Waals surface area contributed by atoms with E-state index in [1.54, 1.807) is 18.2 Å². The Hall–Kier alpha value is -2.10. The molecule has 0 atom stereocenters. The van der Waals surface area contributed by atoms with Gasteiger partial charge in [-0.1, -0.05) is 6.07 Å². The second-order valence-electron chi connectivity index (χ2n) is 4.92. The molecule has 0 fully saturated rings. The number of rotatable bonds is 5. The van der Waals surface area contributed by atoms with Gasteiger partial charge in [0.1, 0.15) is 17.3 Å². The number of carbonyl (C=O) groups excluding carboxylic acids is 1. The molecule has 2 rings (SSSR count). The van der Waals surface area contributed by atoms with Crippen LogP contribution >= 0.6 is 0 Å². The summed E-state index contributed by atoms with van der Waals surface area (Å²) >= 11 is 0. The Bertz CT molecular complexity index is 614. The van der Waals surface area contributed by atoms with Crippen LogP contribution in [0.15, 0.2) is 34.7 Å². The minimum absolute atomic E-state index is 0.0417. The highest BCUT2D eigenvalue weighted by Crippen LogP contribution is 2.25. The SMILES string of the molecule is CC(=O)c1ccc(Cc2ccc(F)cc2OC(C)C)o1. The molecule has 0 radical (unpaired) electrons. The van der Waals surface area contributed by atoms with Crippen molar-refractivity contribution in [2.75, 3.05) is 0 Å². The summed E-state index contributed by atoms with van der Waals surface area (Å²) in [5.41, 5.74) is 0.824. The average molecular weight is 276 g/mol. The van der Waals surface area contributed by atoms with E-state index in [4.69, 9.17) is 9.15 Å². The van der Waals surface area contributed by atoms with Crippen molar-refractivity contribution in [3.63, 3.8) is 0 Å². The van der Waals surface area contributed by atoms with E-state index < -0.39 is 0 Å². The minimum Gasteiger partial charge on any atom is -0.491 e. The average Bonchev–Trinajstić information content (AvgIpc) is 2.80. The number of Topliss-reactive ketones (excluding diaryl/α,β-unsaturated/α-hetero) is 1. The molecule has 0 unspecified atom stereocenters. The molecule has 2 aromatic rings. The van der Waals surface area contributed by atoms with Crippen LogP contribution in [0.25, 0.3) is 0 Å². The molecule has 1 aromatic carbocycles. The monoisotopic (exact) mass is 276 g/mol. The Kier molecular flexibility index (Phi) is 4.23. The molecule has 0 saturated heterocycles. The maximum atomic E-state index is 13.3. The van der Waals surface area contributed by atoms with Crippen LogP contribution in [0.1, 0.15) is 42.6 Å². The molecule has 4 heteroatoms. The van der Waals surface area contributed by atoms with Crippen molar-refractivity contribution in [1.82, 2.24) is 0 Å². The Morgan fingerprint density at radius 3 is 2.65 bits per heavy atom. The van der Waals surface area contributed by atoms with Crippen molar-refractivity contribution in [1.29, 1.82) is 0 Å². The van der Waals surface area contributed by atoms with Crippen LogP contribution < -0.4 is 4.74 Å². The highest BCUT2D eigenvalue weighted by molar-refractivity contribution is 5.91. The number of ketones is 1. The van der Waals surface area contributed by atoms with Crippen molar-refractivity contribution in [2.45, 2.75) is 33.3 Å². The van der Waals surface area contributed by atoms with Crippen LogP contribution in [-0.4, -0.2) is 11.9 Å². The molecule has 0 amide bonds. The van der Waals surface area contributed by atoms with Crippen LogP contribution in [0, 0.1) is 5.82 Å². The summed E-state index contributed by atoms with van der Waals surface area (Å²) in [4.78, 5) is 11.2. The van der Waals surface area contributed by atoms with Crippen molar-refractivity contribution >= 4 is 5.78 Å². The predicted molar refractivity (Wildman–Crippen MR) is 73.7 cm³/mol. The molecule has 0 N–H and O–H groups in total. The third-order valence-electron chi connectivity index (χ3n) is 2.77. The van der Waals surface area contributed by atoms with Gasteiger partial charge in [0.15, 0.2) is 11.5 Å². The van der Waals surface area contributed by atoms with E-state index in [0.717, 1.165) is 5.56 Å². The van der Waals surface area contributed by atoms with E-state index in [0.29, 0.717) is 23.7 Å². The van der Waals surface area contributed by atoms with Gasteiger partial charge in [-0.15, -0.1) is 0 Å². The van der Waals surface area contributed by atoms with E-state index in [2.05, 4.69) is 0 Å². The highest BCUT2D eigenvalue weighted by atomic mass is 19.1. The maximum Gasteiger partial charge on any atom is 0.194 e. The molecular formula is C16H17FO3. The van der Waals surface area contributed by atoms with Crippen molar-refractivity contribution in [2.24, 2.45) is 0 Å². The number of ether oxygens (including phenoxy) is 1. The van der Waals surface area contributed by atoms with Gasteiger partial charge in [0.25, 0.3) is 0 Å². The molecule has 0 aliphatic rings. The van der Waals surface area contributed by atoms with Crippen molar-refractivity contribution in [3.8, 4) is 5.75 Å². The first-order valence-electron chi connectivity index (χ1n) is 6.50. The van der Waals surface area contributed by atoms with Crippen molar-refractivity contribution < 1.29 is 18.3 Å². The van der Waals surface area contributed by atoms with Gasteiger partial charge in [-0.2, -0.15) is 0 Å². The summed E-state index contributed by atoms with van der Waals surface area (Å²) in [6, 6.07) is 7.81. The van der Waals surface area contributed by atoms with Gasteiger partial charge >= 0.3 is 0 Å². The van der Waals surface area contributed by atoms with Gasteiger partial charge < -0.3 is 9.15 Å². The first kappa shape index (κ1) is 14.3. The maximum absolute atomic E-state index is 13.3. The molecule has 0 aliphatic carbocycles. The molecule has 106 valence electrons. The van der Waals surface area contributed by atoms with Crippen molar-refractivity contribution in [3.05, 3.63) is 53.2 Å². The predicted octanol–water partition coefficient (Wildman–Crippen LogP) is 4.00. The molecule has 0 saturated carbocycles. The third kappa shape index (κ3) is 3.47. The fraction of sp³-hybridized carbons (Fsp3) is 0.312. The first-order chi connectivity index (χ1) is 9.45. The summed E-state index contributed by atoms with van der Waals surface area (Å²) in [6.07, 6.45) is 0.412. The summed E-state index contributed by atoms with van der Waals surface area (Å²) in [5.74, 6) is 1.02. The Morgan fingerprint density at radius 2 is 2.05 bits per heavy atom. The zero-order chi connectivity index (χ0) is 14.7. The van der Waals surface area contributed by atoms with E-state index in [1.165, 1.54) is 19.1 Å². The first-order valence-corrected chi connectivity index (χ1v) is 6.50. The van der Waals surface area contributed by atoms with Gasteiger partial charge in [0.05, 0.1) is 6.10 Å². The Balaban J connectivity index is 2.25. The summed E-state index contributed by atoms with van der Waals surface area (Å²) < 4.78 is 24.3. The van der Waals surface area contributed by atoms with E-state index in [1.807, 2.05) is 13.8 Å². The third-order valence-corrected chi connectivity index (χ3v) is 2.77. The van der Waals surface area contributed by atoms with E-state index in [9.17, 15) is 9.18 Å². The molecule has 3 nitrogen and oxygen atoms in total. The second kappa shape index (κ2) is 5.90. The smallest absolute Gasteiger partial charge is 0.194 e. The standard InChI is InChI=1S/C16H17FO3/c1-10(2)19-16-9-13(17)5-4-12(16)8-14-6-7-15(20-14)11(3)18/h4-7,9-10H,8H2,1-3H3. The Labute approximate surface area is 117 Å². The molecule has 0 bridgehead atoms. The number of hydrogen-bond donors (Lipinski definition) is 0. The number of benzene rings is 1. The second-order valence-corrected chi connectivity index (χ2v) is 4.92.